The Bertz CT molecular complexity index is 5340. The van der Waals surface area contributed by atoms with Crippen molar-refractivity contribution < 1.29 is 97.5 Å². The number of likely N-dealkylation sites (tertiary alicyclic amines) is 1. The second kappa shape index (κ2) is 47.5. The normalized spacial score (nSPS) is 16.7. The van der Waals surface area contributed by atoms with Crippen LogP contribution in [0.1, 0.15) is 135 Å². The lowest BCUT2D eigenvalue weighted by Gasteiger charge is -2.33. The third-order valence-corrected chi connectivity index (χ3v) is 23.6. The number of fused-ring (bicyclic) bond motifs is 4. The summed E-state index contributed by atoms with van der Waals surface area (Å²) >= 11 is 4.00. The number of unbranched alkanes of at least 4 members (excludes halogenated alkanes) is 1. The molecule has 0 radical (unpaired) electrons. The average Bonchev–Trinajstić information content (AvgIpc) is 1.67. The van der Waals surface area contributed by atoms with Gasteiger partial charge in [-0.25, -0.2) is 4.79 Å². The number of H-pyrrole nitrogens is 4. The number of carbonyl (C=O) groups excluding carboxylic acids is 13. The maximum absolute atomic E-state index is 15.5. The molecule has 130 heavy (non-hydrogen) atoms. The average molecular weight is 1820 g/mol. The molecule has 13 amide bonds. The molecule has 5 heterocycles. The number of carboxylic acids is 2. The van der Waals surface area contributed by atoms with E-state index in [1.807, 2.05) is 0 Å². The molecule has 0 saturated carbocycles. The van der Waals surface area contributed by atoms with Gasteiger partial charge in [0.2, 0.25) is 76.8 Å². The Balaban J connectivity index is 0.945. The molecule has 1 saturated heterocycles. The first-order valence-electron chi connectivity index (χ1n) is 43.6. The van der Waals surface area contributed by atoms with Gasteiger partial charge in [-0.15, -0.1) is 0 Å². The summed E-state index contributed by atoms with van der Waals surface area (Å²) in [5.41, 5.74) is 16.5. The number of hydrogen-bond donors (Lipinski definition) is 24. The van der Waals surface area contributed by atoms with Gasteiger partial charge in [-0.1, -0.05) is 107 Å². The minimum atomic E-state index is -1.94. The highest BCUT2D eigenvalue weighted by Gasteiger charge is 2.44. The molecule has 1 aliphatic heterocycles. The largest absolute Gasteiger partial charge is 0.481 e. The number of benzene rings is 4. The molecule has 9 rings (SSSR count). The molecule has 0 aliphatic carbocycles. The van der Waals surface area contributed by atoms with Crippen molar-refractivity contribution >= 4 is 145 Å². The number of carboxylic acid groups (broad SMARTS) is 2. The third-order valence-electron chi connectivity index (χ3n) is 23.2. The number of aliphatic hydroxyl groups excluding tert-OH is 3. The lowest BCUT2D eigenvalue weighted by atomic mass is 9.96. The van der Waals surface area contributed by atoms with E-state index in [-0.39, 0.29) is 82.5 Å². The van der Waals surface area contributed by atoms with Crippen molar-refractivity contribution in [3.63, 3.8) is 0 Å². The molecule has 18 atom stereocenters. The van der Waals surface area contributed by atoms with Gasteiger partial charge < -0.3 is 126 Å². The standard InChI is InChI=1S/C90H121N19O20S/c1-9-46(4)74(89(127)109-34-20-30-71(109)85(123)103-69(39-54-43-96-62-28-17-13-24-58(54)62)84(122)108-76(50(8)112)88(126)104-66(36-51-40-93-59-25-14-10-21-55(51)59)80(118)97-47(5)77(115)105-70(44-130)90(128)129)106-83(121)68(38-53-42-95-61-27-16-12-23-57(53)61)102-79(117)64(31-32-72(113)114)99-87(125)75(49(7)111)107-82(120)65(35-45(2)3)100-81(119)67(37-52-41-94-60-26-15-11-22-56(52)60)101-78(116)63(29-18-19-33-91)98-86(124)73(92)48(6)110/h10-17,21-28,40-43,45-50,63-71,73-76,93-96,110-112,130H,9,18-20,29-39,44,91-92H2,1-8H3,(H,97,118)(H,98,124)(H,99,125)(H,100,119)(H,101,116)(H,102,117)(H,103,123)(H,104,126)(H,105,115)(H,106,121)(H,107,120)(H,108,122)(H,113,114)(H,128,129)/t46-,47-,48+,49+,50+,63-,64-,65-,66-,67-,68-,69-,70-,71-,73-,74-,75-,76-/m0/s1. The minimum Gasteiger partial charge on any atom is -0.481 e. The zero-order valence-corrected chi connectivity index (χ0v) is 74.6. The van der Waals surface area contributed by atoms with Gasteiger partial charge in [0.25, 0.3) is 0 Å². The van der Waals surface area contributed by atoms with Gasteiger partial charge in [-0.2, -0.15) is 12.6 Å². The Morgan fingerprint density at radius 1 is 0.431 bits per heavy atom. The summed E-state index contributed by atoms with van der Waals surface area (Å²) in [6, 6.07) is 6.69. The lowest BCUT2D eigenvalue weighted by Crippen LogP contribution is -2.63. The van der Waals surface area contributed by atoms with Crippen LogP contribution in [0, 0.1) is 11.8 Å². The van der Waals surface area contributed by atoms with Crippen LogP contribution in [0.25, 0.3) is 43.6 Å². The molecule has 25 N–H and O–H groups in total. The van der Waals surface area contributed by atoms with Crippen molar-refractivity contribution in [2.24, 2.45) is 23.3 Å². The van der Waals surface area contributed by atoms with Gasteiger partial charge in [0.05, 0.1) is 18.3 Å². The molecule has 1 fully saturated rings. The van der Waals surface area contributed by atoms with Crippen LogP contribution >= 0.6 is 12.6 Å². The van der Waals surface area contributed by atoms with Gasteiger partial charge >= 0.3 is 11.9 Å². The SMILES string of the molecule is CC[C@H](C)[C@H](NC(=O)[C@H](Cc1c[nH]c2ccccc12)NC(=O)[C@H](CCC(=O)O)NC(=O)[C@@H](NC(=O)[C@H](CC(C)C)NC(=O)[C@H](Cc1c[nH]c2ccccc12)NC(=O)[C@H](CCCCN)NC(=O)[C@@H](N)[C@@H](C)O)[C@@H](C)O)C(=O)N1CCC[C@H]1C(=O)N[C@@H](Cc1c[nH]c2ccccc12)C(=O)N[C@H](C(=O)N[C@@H](Cc1c[nH]c2ccccc12)C(=O)N[C@@H](C)C(=O)N[C@@H](CS)C(=O)O)[C@@H](C)O. The molecule has 40 heteroatoms. The van der Waals surface area contributed by atoms with Gasteiger partial charge in [0.15, 0.2) is 0 Å². The summed E-state index contributed by atoms with van der Waals surface area (Å²) < 4.78 is 0. The number of amides is 13. The molecule has 4 aromatic heterocycles. The quantitative estimate of drug-likeness (QED) is 0.0180. The molecular weight excluding hydrogens is 1700 g/mol. The molecule has 39 nitrogen and oxygen atoms in total. The maximum atomic E-state index is 15.5. The topological polar surface area (TPSA) is 620 Å². The van der Waals surface area contributed by atoms with Crippen molar-refractivity contribution in [3.8, 4) is 0 Å². The van der Waals surface area contributed by atoms with E-state index >= 15 is 24.0 Å². The first kappa shape index (κ1) is 101. The molecule has 1 aliphatic rings. The summed E-state index contributed by atoms with van der Waals surface area (Å²) in [5, 5.41) is 86.5. The predicted octanol–water partition coefficient (Wildman–Crippen LogP) is 0.281. The van der Waals surface area contributed by atoms with Crippen LogP contribution in [0.5, 0.6) is 0 Å². The number of hydrogen-bond acceptors (Lipinski definition) is 21. The molecule has 8 aromatic rings. The zero-order valence-electron chi connectivity index (χ0n) is 73.7. The van der Waals surface area contributed by atoms with Crippen LogP contribution in [0.4, 0.5) is 0 Å². The monoisotopic (exact) mass is 1820 g/mol. The van der Waals surface area contributed by atoms with E-state index in [0.29, 0.717) is 78.7 Å². The number of thiol groups is 1. The Morgan fingerprint density at radius 2 is 0.792 bits per heavy atom. The van der Waals surface area contributed by atoms with Crippen molar-refractivity contribution in [1.29, 1.82) is 0 Å². The summed E-state index contributed by atoms with van der Waals surface area (Å²) in [6.07, 6.45) is 0.620. The molecule has 0 bridgehead atoms. The molecule has 702 valence electrons. The fraction of sp³-hybridized carbons (Fsp3) is 0.478. The fourth-order valence-electron chi connectivity index (χ4n) is 15.6. The fourth-order valence-corrected chi connectivity index (χ4v) is 15.9. The number of nitrogens with two attached hydrogens (primary N) is 2. The van der Waals surface area contributed by atoms with Crippen LogP contribution in [0.3, 0.4) is 0 Å². The summed E-state index contributed by atoms with van der Waals surface area (Å²) in [4.78, 5) is 229. The Hall–Kier alpha value is -12.8. The van der Waals surface area contributed by atoms with E-state index in [9.17, 15) is 73.5 Å². The van der Waals surface area contributed by atoms with Crippen LogP contribution in [0.2, 0.25) is 0 Å². The first-order chi connectivity index (χ1) is 61.9. The minimum absolute atomic E-state index is 0.0334. The van der Waals surface area contributed by atoms with Crippen LogP contribution in [-0.4, -0.2) is 261 Å². The second-order valence-electron chi connectivity index (χ2n) is 33.6. The Morgan fingerprint density at radius 3 is 1.19 bits per heavy atom. The van der Waals surface area contributed by atoms with Crippen molar-refractivity contribution in [1.82, 2.24) is 88.6 Å². The highest BCUT2D eigenvalue weighted by atomic mass is 32.1. The Kier molecular flexibility index (Phi) is 36.9. The van der Waals surface area contributed by atoms with E-state index in [0.717, 1.165) is 6.92 Å². The van der Waals surface area contributed by atoms with Gasteiger partial charge in [0, 0.05) is 113 Å². The van der Waals surface area contributed by atoms with Crippen molar-refractivity contribution in [3.05, 3.63) is 144 Å². The number of aliphatic carboxylic acids is 2. The number of aromatic nitrogens is 4. The van der Waals surface area contributed by atoms with Crippen LogP contribution < -0.4 is 75.3 Å². The van der Waals surface area contributed by atoms with Gasteiger partial charge in [-0.05, 0) is 138 Å². The highest BCUT2D eigenvalue weighted by molar-refractivity contribution is 7.80. The zero-order chi connectivity index (χ0) is 94.9. The van der Waals surface area contributed by atoms with Crippen LogP contribution in [0.15, 0.2) is 122 Å². The van der Waals surface area contributed by atoms with Crippen LogP contribution in [-0.2, 0) is 97.6 Å². The highest BCUT2D eigenvalue weighted by Crippen LogP contribution is 2.28. The number of para-hydroxylation sites is 4. The second-order valence-corrected chi connectivity index (χ2v) is 34.0. The summed E-state index contributed by atoms with van der Waals surface area (Å²) in [6.45, 7) is 12.0. The number of aliphatic hydroxyl groups is 3. The summed E-state index contributed by atoms with van der Waals surface area (Å²) in [5.74, 6) is -16.5. The van der Waals surface area contributed by atoms with Crippen molar-refractivity contribution in [2.45, 2.75) is 242 Å². The molecule has 4 aromatic carbocycles. The number of nitrogens with zero attached hydrogens (tertiary/aromatic N) is 1. The van der Waals surface area contributed by atoms with E-state index in [2.05, 4.69) is 96.4 Å². The van der Waals surface area contributed by atoms with Gasteiger partial charge in [-0.3, -0.25) is 67.1 Å². The first-order valence-corrected chi connectivity index (χ1v) is 44.2. The maximum Gasteiger partial charge on any atom is 0.327 e. The Labute approximate surface area is 755 Å². The van der Waals surface area contributed by atoms with Crippen molar-refractivity contribution in [2.75, 3.05) is 18.8 Å². The lowest BCUT2D eigenvalue weighted by molar-refractivity contribution is -0.143. The van der Waals surface area contributed by atoms with E-state index in [1.54, 1.807) is 150 Å². The molecular formula is C90H121N19O20S. The number of carbonyl (C=O) groups is 15. The number of aromatic amines is 4. The smallest absolute Gasteiger partial charge is 0.327 e. The molecule has 0 spiro atoms. The predicted molar refractivity (Wildman–Crippen MR) is 485 cm³/mol. The third kappa shape index (κ3) is 27.2. The summed E-state index contributed by atoms with van der Waals surface area (Å²) in [7, 11) is 0. The number of rotatable bonds is 49. The molecule has 0 unspecified atom stereocenters. The van der Waals surface area contributed by atoms with Gasteiger partial charge in [0.1, 0.15) is 84.6 Å². The van der Waals surface area contributed by atoms with E-state index in [4.69, 9.17) is 11.5 Å². The number of nitrogens with one attached hydrogen (secondary N) is 16. The van der Waals surface area contributed by atoms with E-state index < -0.39 is 210 Å². The van der Waals surface area contributed by atoms with E-state index in [1.165, 1.54) is 25.7 Å².